The number of fused-ring (bicyclic) bond motifs is 1. The molecule has 4 rings (SSSR count). The third kappa shape index (κ3) is 5.22. The summed E-state index contributed by atoms with van der Waals surface area (Å²) in [5.41, 5.74) is 1.95. The van der Waals surface area contributed by atoms with E-state index in [0.29, 0.717) is 34.3 Å². The Hall–Kier alpha value is -3.27. The van der Waals surface area contributed by atoms with Gasteiger partial charge in [-0.3, -0.25) is 19.0 Å². The zero-order valence-corrected chi connectivity index (χ0v) is 19.7. The molecular weight excluding hydrogens is 440 g/mol. The third-order valence-corrected chi connectivity index (χ3v) is 6.84. The number of benzene rings is 1. The van der Waals surface area contributed by atoms with Crippen molar-refractivity contribution in [3.8, 4) is 0 Å². The first-order valence-electron chi connectivity index (χ1n) is 11.3. The largest absolute Gasteiger partial charge is 0.356 e. The molecule has 3 heterocycles. The number of carbonyl (C=O) groups is 2. The number of aryl methyl sites for hydroxylation is 1. The van der Waals surface area contributed by atoms with E-state index in [2.05, 4.69) is 27.5 Å². The molecule has 174 valence electrons. The highest BCUT2D eigenvalue weighted by molar-refractivity contribution is 7.22. The molecule has 2 N–H and O–H groups in total. The molecule has 9 nitrogen and oxygen atoms in total. The van der Waals surface area contributed by atoms with E-state index in [0.717, 1.165) is 25.8 Å². The maximum atomic E-state index is 13.0. The number of amides is 2. The molecule has 10 heteroatoms. The molecule has 0 bridgehead atoms. The minimum atomic E-state index is -0.298. The van der Waals surface area contributed by atoms with Crippen molar-refractivity contribution in [2.75, 3.05) is 29.9 Å². The molecule has 0 unspecified atom stereocenters. The van der Waals surface area contributed by atoms with Gasteiger partial charge >= 0.3 is 0 Å². The lowest BCUT2D eigenvalue weighted by atomic mass is 9.97. The first-order valence-corrected chi connectivity index (χ1v) is 12.1. The van der Waals surface area contributed by atoms with Crippen molar-refractivity contribution in [1.29, 1.82) is 0 Å². The number of hydrogen-bond donors (Lipinski definition) is 2. The van der Waals surface area contributed by atoms with E-state index in [-0.39, 0.29) is 29.8 Å². The normalized spacial score (nSPS) is 16.1. The molecule has 1 aromatic carbocycles. The lowest BCUT2D eigenvalue weighted by Crippen LogP contribution is -2.43. The van der Waals surface area contributed by atoms with E-state index < -0.39 is 0 Å². The smallest absolute Gasteiger partial charge is 0.273 e. The Labute approximate surface area is 195 Å². The van der Waals surface area contributed by atoms with Crippen LogP contribution in [-0.4, -0.2) is 46.0 Å². The number of rotatable bonds is 7. The molecule has 1 fully saturated rings. The Kier molecular flexibility index (Phi) is 7.02. The van der Waals surface area contributed by atoms with Gasteiger partial charge in [0.15, 0.2) is 10.8 Å². The van der Waals surface area contributed by atoms with Crippen LogP contribution in [0.1, 0.15) is 32.3 Å². The maximum Gasteiger partial charge on any atom is 0.273 e. The van der Waals surface area contributed by atoms with E-state index in [1.54, 1.807) is 0 Å². The molecular formula is C23H28N6O3S. The number of thiazole rings is 1. The van der Waals surface area contributed by atoms with Crippen molar-refractivity contribution in [2.24, 2.45) is 5.92 Å². The highest BCUT2D eigenvalue weighted by atomic mass is 32.1. The fourth-order valence-corrected chi connectivity index (χ4v) is 4.95. The van der Waals surface area contributed by atoms with Gasteiger partial charge in [-0.15, -0.1) is 0 Å². The number of aromatic nitrogens is 3. The summed E-state index contributed by atoms with van der Waals surface area (Å²) in [6, 6.07) is 7.63. The first-order chi connectivity index (χ1) is 16.0. The summed E-state index contributed by atoms with van der Waals surface area (Å²) in [6.07, 6.45) is 4.02. The Morgan fingerprint density at radius 3 is 2.73 bits per heavy atom. The summed E-state index contributed by atoms with van der Waals surface area (Å²) in [5, 5.41) is 6.38. The van der Waals surface area contributed by atoms with Crippen molar-refractivity contribution in [2.45, 2.75) is 39.7 Å². The maximum absolute atomic E-state index is 13.0. The average molecular weight is 469 g/mol. The molecule has 1 atom stereocenters. The van der Waals surface area contributed by atoms with E-state index in [4.69, 9.17) is 0 Å². The van der Waals surface area contributed by atoms with E-state index in [1.165, 1.54) is 27.8 Å². The SMILES string of the molecule is CCNC(=O)[C@@H]1CCCN(c2nc3ncn(CC(=O)Nc4ccc(CC)cc4)c(=O)c3s2)C1. The number of nitrogens with one attached hydrogen (secondary N) is 2. The summed E-state index contributed by atoms with van der Waals surface area (Å²) < 4.78 is 1.71. The van der Waals surface area contributed by atoms with Gasteiger partial charge in [-0.2, -0.15) is 4.98 Å². The second-order valence-electron chi connectivity index (χ2n) is 8.11. The molecule has 2 aromatic heterocycles. The van der Waals surface area contributed by atoms with Gasteiger partial charge in [-0.25, -0.2) is 4.98 Å². The van der Waals surface area contributed by atoms with Crippen LogP contribution in [0.4, 0.5) is 10.8 Å². The van der Waals surface area contributed by atoms with Crippen LogP contribution in [0.2, 0.25) is 0 Å². The Balaban J connectivity index is 1.48. The molecule has 0 aliphatic carbocycles. The molecule has 0 spiro atoms. The van der Waals surface area contributed by atoms with E-state index in [1.807, 2.05) is 36.1 Å². The van der Waals surface area contributed by atoms with Crippen LogP contribution in [0.5, 0.6) is 0 Å². The number of nitrogens with zero attached hydrogens (tertiary/aromatic N) is 4. The van der Waals surface area contributed by atoms with Crippen LogP contribution >= 0.6 is 11.3 Å². The van der Waals surface area contributed by atoms with E-state index >= 15 is 0 Å². The average Bonchev–Trinajstić information content (AvgIpc) is 3.27. The fourth-order valence-electron chi connectivity index (χ4n) is 3.95. The highest BCUT2D eigenvalue weighted by Gasteiger charge is 2.27. The second kappa shape index (κ2) is 10.1. The number of hydrogen-bond acceptors (Lipinski definition) is 7. The van der Waals surface area contributed by atoms with Gasteiger partial charge < -0.3 is 15.5 Å². The lowest BCUT2D eigenvalue weighted by Gasteiger charge is -2.31. The second-order valence-corrected chi connectivity index (χ2v) is 9.08. The summed E-state index contributed by atoms with van der Waals surface area (Å²) >= 11 is 1.26. The minimum Gasteiger partial charge on any atom is -0.356 e. The molecule has 0 saturated carbocycles. The van der Waals surface area contributed by atoms with Crippen LogP contribution in [0.15, 0.2) is 35.4 Å². The number of anilines is 2. The third-order valence-electron chi connectivity index (χ3n) is 5.75. The number of carbonyl (C=O) groups excluding carboxylic acids is 2. The van der Waals surface area contributed by atoms with Crippen molar-refractivity contribution >= 4 is 44.3 Å². The number of piperidine rings is 1. The van der Waals surface area contributed by atoms with Gasteiger partial charge in [-0.1, -0.05) is 30.4 Å². The van der Waals surface area contributed by atoms with Crippen LogP contribution in [-0.2, 0) is 22.6 Å². The fraction of sp³-hybridized carbons (Fsp3) is 0.435. The Bertz CT molecular complexity index is 1200. The molecule has 1 aliphatic rings. The van der Waals surface area contributed by atoms with Gasteiger partial charge in [0.25, 0.3) is 5.56 Å². The molecule has 0 radical (unpaired) electrons. The van der Waals surface area contributed by atoms with Crippen molar-refractivity contribution < 1.29 is 9.59 Å². The van der Waals surface area contributed by atoms with Crippen LogP contribution in [0.25, 0.3) is 10.3 Å². The van der Waals surface area contributed by atoms with Crippen molar-refractivity contribution in [1.82, 2.24) is 19.9 Å². The summed E-state index contributed by atoms with van der Waals surface area (Å²) in [6.45, 7) is 5.80. The van der Waals surface area contributed by atoms with Crippen molar-refractivity contribution in [3.05, 3.63) is 46.5 Å². The van der Waals surface area contributed by atoms with Crippen LogP contribution in [0, 0.1) is 5.92 Å². The van der Waals surface area contributed by atoms with Crippen molar-refractivity contribution in [3.63, 3.8) is 0 Å². The molecule has 2 amide bonds. The minimum absolute atomic E-state index is 0.0548. The molecule has 33 heavy (non-hydrogen) atoms. The van der Waals surface area contributed by atoms with Gasteiger partial charge in [-0.05, 0) is 43.9 Å². The van der Waals surface area contributed by atoms with Crippen LogP contribution < -0.4 is 21.1 Å². The monoisotopic (exact) mass is 468 g/mol. The standard InChI is InChI=1S/C23H28N6O3S/c1-3-15-7-9-17(10-8-15)26-18(30)13-29-14-25-20-19(22(29)32)33-23(27-20)28-11-5-6-16(12-28)21(31)24-4-2/h7-10,14,16H,3-6,11-13H2,1-2H3,(H,24,31)(H,26,30)/t16-/m1/s1. The summed E-state index contributed by atoms with van der Waals surface area (Å²) in [4.78, 5) is 48.6. The summed E-state index contributed by atoms with van der Waals surface area (Å²) in [7, 11) is 0. The summed E-state index contributed by atoms with van der Waals surface area (Å²) in [5.74, 6) is -0.336. The van der Waals surface area contributed by atoms with Crippen LogP contribution in [0.3, 0.4) is 0 Å². The molecule has 1 aliphatic heterocycles. The molecule has 1 saturated heterocycles. The molecule has 3 aromatic rings. The topological polar surface area (TPSA) is 109 Å². The predicted molar refractivity (Wildman–Crippen MR) is 130 cm³/mol. The quantitative estimate of drug-likeness (QED) is 0.551. The van der Waals surface area contributed by atoms with Gasteiger partial charge in [0, 0.05) is 25.3 Å². The zero-order chi connectivity index (χ0) is 23.4. The van der Waals surface area contributed by atoms with Gasteiger partial charge in [0.05, 0.1) is 5.92 Å². The first kappa shape index (κ1) is 22.9. The van der Waals surface area contributed by atoms with Gasteiger partial charge in [0.2, 0.25) is 11.8 Å². The Morgan fingerprint density at radius 1 is 1.21 bits per heavy atom. The predicted octanol–water partition coefficient (Wildman–Crippen LogP) is 2.41. The zero-order valence-electron chi connectivity index (χ0n) is 18.8. The van der Waals surface area contributed by atoms with E-state index in [9.17, 15) is 14.4 Å². The highest BCUT2D eigenvalue weighted by Crippen LogP contribution is 2.29. The van der Waals surface area contributed by atoms with Gasteiger partial charge in [0.1, 0.15) is 17.6 Å². The Morgan fingerprint density at radius 2 is 2.00 bits per heavy atom. The lowest BCUT2D eigenvalue weighted by molar-refractivity contribution is -0.125.